The highest BCUT2D eigenvalue weighted by Crippen LogP contribution is 2.18. The lowest BCUT2D eigenvalue weighted by Gasteiger charge is -1.88. The summed E-state index contributed by atoms with van der Waals surface area (Å²) in [5.74, 6) is -0.874. The monoisotopic (exact) mass is 232 g/mol. The van der Waals surface area contributed by atoms with Crippen LogP contribution in [0.1, 0.15) is 15.2 Å². The van der Waals surface area contributed by atoms with Crippen molar-refractivity contribution >= 4 is 39.3 Å². The van der Waals surface area contributed by atoms with Crippen LogP contribution in [0.4, 0.5) is 0 Å². The zero-order valence-corrected chi connectivity index (χ0v) is 7.85. The van der Waals surface area contributed by atoms with Crippen molar-refractivity contribution in [1.29, 1.82) is 0 Å². The van der Waals surface area contributed by atoms with Crippen molar-refractivity contribution in [1.82, 2.24) is 0 Å². The van der Waals surface area contributed by atoms with Gasteiger partial charge in [-0.25, -0.2) is 4.79 Å². The topological polar surface area (TPSA) is 37.3 Å². The predicted molar refractivity (Wildman–Crippen MR) is 49.2 cm³/mol. The van der Waals surface area contributed by atoms with Crippen molar-refractivity contribution in [2.24, 2.45) is 0 Å². The molecule has 2 nitrogen and oxygen atoms in total. The van der Waals surface area contributed by atoms with Crippen molar-refractivity contribution in [2.45, 2.75) is 0 Å². The van der Waals surface area contributed by atoms with Crippen molar-refractivity contribution in [2.75, 3.05) is 0 Å². The molecule has 0 aromatic carbocycles. The zero-order chi connectivity index (χ0) is 8.27. The lowest BCUT2D eigenvalue weighted by atomic mass is 10.2. The summed E-state index contributed by atoms with van der Waals surface area (Å²) in [4.78, 5) is 12.5. The Balaban J connectivity index is 3.05. The van der Waals surface area contributed by atoms with E-state index in [9.17, 15) is 4.79 Å². The molecule has 0 atom stereocenters. The average Bonchev–Trinajstić information content (AvgIpc) is 2.36. The fourth-order valence-corrected chi connectivity index (χ4v) is 1.70. The van der Waals surface area contributed by atoms with E-state index in [1.807, 2.05) is 0 Å². The molecule has 1 N–H and O–H groups in total. The van der Waals surface area contributed by atoms with Gasteiger partial charge >= 0.3 is 5.97 Å². The third kappa shape index (κ3) is 1.91. The van der Waals surface area contributed by atoms with Gasteiger partial charge in [-0.1, -0.05) is 15.9 Å². The summed E-state index contributed by atoms with van der Waals surface area (Å²) in [6.07, 6.45) is 1.71. The number of halogens is 1. The maximum absolute atomic E-state index is 10.5. The number of carbonyl (C=O) groups is 1. The van der Waals surface area contributed by atoms with Gasteiger partial charge in [-0.3, -0.25) is 0 Å². The van der Waals surface area contributed by atoms with E-state index in [2.05, 4.69) is 15.9 Å². The van der Waals surface area contributed by atoms with Gasteiger partial charge in [0.05, 0.1) is 0 Å². The Bertz CT molecular complexity index is 290. The maximum Gasteiger partial charge on any atom is 0.346 e. The van der Waals surface area contributed by atoms with Crippen LogP contribution in [-0.2, 0) is 0 Å². The molecular formula is C7H5BrO2S. The van der Waals surface area contributed by atoms with Gasteiger partial charge in [-0.05, 0) is 22.5 Å². The Morgan fingerprint density at radius 3 is 3.00 bits per heavy atom. The predicted octanol–water partition coefficient (Wildman–Crippen LogP) is 2.81. The first-order chi connectivity index (χ1) is 5.25. The molecule has 58 valence electrons. The van der Waals surface area contributed by atoms with Gasteiger partial charge in [0.25, 0.3) is 0 Å². The van der Waals surface area contributed by atoms with Gasteiger partial charge in [-0.15, -0.1) is 11.3 Å². The molecule has 0 fully saturated rings. The van der Waals surface area contributed by atoms with Gasteiger partial charge in [0.2, 0.25) is 0 Å². The second-order valence-electron chi connectivity index (χ2n) is 1.80. The third-order valence-electron chi connectivity index (χ3n) is 1.13. The van der Waals surface area contributed by atoms with E-state index in [-0.39, 0.29) is 0 Å². The smallest absolute Gasteiger partial charge is 0.346 e. The van der Waals surface area contributed by atoms with E-state index in [1.165, 1.54) is 11.3 Å². The summed E-state index contributed by atoms with van der Waals surface area (Å²) in [6.45, 7) is 0. The van der Waals surface area contributed by atoms with Crippen molar-refractivity contribution in [3.05, 3.63) is 26.9 Å². The summed E-state index contributed by atoms with van der Waals surface area (Å²) >= 11 is 4.31. The van der Waals surface area contributed by atoms with Gasteiger partial charge < -0.3 is 5.11 Å². The summed E-state index contributed by atoms with van der Waals surface area (Å²) in [7, 11) is 0. The quantitative estimate of drug-likeness (QED) is 0.852. The molecule has 1 rings (SSSR count). The number of thiophene rings is 1. The lowest BCUT2D eigenvalue weighted by molar-refractivity contribution is 0.0702. The molecule has 0 radical (unpaired) electrons. The lowest BCUT2D eigenvalue weighted by Crippen LogP contribution is -1.93. The number of carboxylic acid groups (broad SMARTS) is 1. The van der Waals surface area contributed by atoms with Crippen LogP contribution in [0.3, 0.4) is 0 Å². The standard InChI is InChI=1S/C7H5BrO2S/c8-3-1-5-2-4-11-6(5)7(9)10/h1-4H,(H,9,10)/b3-1+. The molecular weight excluding hydrogens is 228 g/mol. The molecule has 0 aliphatic rings. The molecule has 11 heavy (non-hydrogen) atoms. The fraction of sp³-hybridized carbons (Fsp3) is 0. The molecule has 1 aromatic heterocycles. The number of rotatable bonds is 2. The molecule has 0 aliphatic heterocycles. The second kappa shape index (κ2) is 3.69. The first-order valence-electron chi connectivity index (χ1n) is 2.83. The Morgan fingerprint density at radius 1 is 1.73 bits per heavy atom. The molecule has 0 aliphatic carbocycles. The second-order valence-corrected chi connectivity index (χ2v) is 3.25. The highest BCUT2D eigenvalue weighted by molar-refractivity contribution is 9.11. The van der Waals surface area contributed by atoms with Crippen LogP contribution in [0.15, 0.2) is 16.4 Å². The summed E-state index contributed by atoms with van der Waals surface area (Å²) < 4.78 is 0. The average molecular weight is 233 g/mol. The minimum absolute atomic E-state index is 0.376. The number of hydrogen-bond donors (Lipinski definition) is 1. The Hall–Kier alpha value is -0.610. The van der Waals surface area contributed by atoms with E-state index in [0.29, 0.717) is 4.88 Å². The van der Waals surface area contributed by atoms with Gasteiger partial charge in [0.1, 0.15) is 4.88 Å². The molecule has 0 spiro atoms. The first kappa shape index (κ1) is 8.49. The first-order valence-corrected chi connectivity index (χ1v) is 4.63. The van der Waals surface area contributed by atoms with Crippen molar-refractivity contribution in [3.8, 4) is 0 Å². The van der Waals surface area contributed by atoms with E-state index >= 15 is 0 Å². The van der Waals surface area contributed by atoms with E-state index in [0.717, 1.165) is 5.56 Å². The highest BCUT2D eigenvalue weighted by Gasteiger charge is 2.07. The molecule has 0 saturated heterocycles. The van der Waals surface area contributed by atoms with Crippen LogP contribution in [0.25, 0.3) is 6.08 Å². The Labute approximate surface area is 76.3 Å². The van der Waals surface area contributed by atoms with Gasteiger partial charge in [-0.2, -0.15) is 0 Å². The Morgan fingerprint density at radius 2 is 2.45 bits per heavy atom. The summed E-state index contributed by atoms with van der Waals surface area (Å²) in [6, 6.07) is 1.77. The third-order valence-corrected chi connectivity index (χ3v) is 2.31. The van der Waals surface area contributed by atoms with E-state index < -0.39 is 5.97 Å². The molecule has 4 heteroatoms. The fourth-order valence-electron chi connectivity index (χ4n) is 0.692. The number of hydrogen-bond acceptors (Lipinski definition) is 2. The van der Waals surface area contributed by atoms with Crippen LogP contribution in [0.5, 0.6) is 0 Å². The van der Waals surface area contributed by atoms with Crippen LogP contribution in [0.2, 0.25) is 0 Å². The minimum Gasteiger partial charge on any atom is -0.477 e. The highest BCUT2D eigenvalue weighted by atomic mass is 79.9. The molecule has 1 heterocycles. The summed E-state index contributed by atoms with van der Waals surface area (Å²) in [5, 5.41) is 10.4. The van der Waals surface area contributed by atoms with Crippen LogP contribution < -0.4 is 0 Å². The molecule has 0 unspecified atom stereocenters. The number of aromatic carboxylic acids is 1. The van der Waals surface area contributed by atoms with Crippen LogP contribution >= 0.6 is 27.3 Å². The zero-order valence-electron chi connectivity index (χ0n) is 5.45. The van der Waals surface area contributed by atoms with E-state index in [1.54, 1.807) is 22.5 Å². The largest absolute Gasteiger partial charge is 0.477 e. The molecule has 1 aromatic rings. The van der Waals surface area contributed by atoms with Crippen molar-refractivity contribution in [3.63, 3.8) is 0 Å². The maximum atomic E-state index is 10.5. The Kier molecular flexibility index (Phi) is 2.84. The molecule has 0 saturated carbocycles. The SMILES string of the molecule is O=C(O)c1sccc1/C=C/Br. The van der Waals surface area contributed by atoms with Gasteiger partial charge in [0, 0.05) is 5.56 Å². The summed E-state index contributed by atoms with van der Waals surface area (Å²) in [5.41, 5.74) is 0.736. The minimum atomic E-state index is -0.874. The molecule has 0 bridgehead atoms. The van der Waals surface area contributed by atoms with Crippen LogP contribution in [0, 0.1) is 0 Å². The van der Waals surface area contributed by atoms with Crippen LogP contribution in [-0.4, -0.2) is 11.1 Å². The normalized spacial score (nSPS) is 10.6. The van der Waals surface area contributed by atoms with Crippen molar-refractivity contribution < 1.29 is 9.90 Å². The van der Waals surface area contributed by atoms with E-state index in [4.69, 9.17) is 5.11 Å². The molecule has 0 amide bonds. The van der Waals surface area contributed by atoms with Gasteiger partial charge in [0.15, 0.2) is 0 Å². The number of carboxylic acids is 1.